The quantitative estimate of drug-likeness (QED) is 0.759. The first-order valence-electron chi connectivity index (χ1n) is 6.62. The highest BCUT2D eigenvalue weighted by Crippen LogP contribution is 2.24. The van der Waals surface area contributed by atoms with Crippen LogP contribution in [0.2, 0.25) is 0 Å². The van der Waals surface area contributed by atoms with Crippen molar-refractivity contribution in [2.75, 3.05) is 26.2 Å². The molecule has 0 amide bonds. The Balaban J connectivity index is 2.41. The van der Waals surface area contributed by atoms with Gasteiger partial charge in [-0.05, 0) is 44.3 Å². The van der Waals surface area contributed by atoms with Crippen LogP contribution in [0.4, 0.5) is 0 Å². The number of hydrogen-bond donors (Lipinski definition) is 1. The van der Waals surface area contributed by atoms with Crippen LogP contribution >= 0.6 is 0 Å². The van der Waals surface area contributed by atoms with Crippen LogP contribution in [0.15, 0.2) is 0 Å². The van der Waals surface area contributed by atoms with E-state index in [4.69, 9.17) is 5.73 Å². The summed E-state index contributed by atoms with van der Waals surface area (Å²) in [6, 6.07) is 0. The second kappa shape index (κ2) is 6.49. The fourth-order valence-corrected chi connectivity index (χ4v) is 2.68. The normalized spacial score (nSPS) is 23.4. The van der Waals surface area contributed by atoms with Crippen molar-refractivity contribution in [1.29, 1.82) is 0 Å². The van der Waals surface area contributed by atoms with Gasteiger partial charge in [-0.25, -0.2) is 0 Å². The molecule has 1 rings (SSSR count). The first kappa shape index (κ1) is 13.0. The zero-order valence-corrected chi connectivity index (χ0v) is 10.6. The zero-order chi connectivity index (χ0) is 11.1. The minimum atomic E-state index is 0.346. The minimum Gasteiger partial charge on any atom is -0.330 e. The van der Waals surface area contributed by atoms with Crippen LogP contribution in [0.25, 0.3) is 0 Å². The van der Waals surface area contributed by atoms with E-state index in [0.29, 0.717) is 5.41 Å². The summed E-state index contributed by atoms with van der Waals surface area (Å²) < 4.78 is 0. The van der Waals surface area contributed by atoms with E-state index in [1.165, 1.54) is 58.2 Å². The Morgan fingerprint density at radius 1 is 1.13 bits per heavy atom. The molecule has 0 aromatic heterocycles. The Hall–Kier alpha value is -0.0800. The molecule has 90 valence electrons. The maximum atomic E-state index is 5.92. The molecule has 1 aliphatic heterocycles. The van der Waals surface area contributed by atoms with Gasteiger partial charge in [0.2, 0.25) is 0 Å². The highest BCUT2D eigenvalue weighted by molar-refractivity contribution is 4.80. The predicted octanol–water partition coefficient (Wildman–Crippen LogP) is 2.63. The molecule has 2 nitrogen and oxygen atoms in total. The lowest BCUT2D eigenvalue weighted by atomic mass is 9.85. The summed E-state index contributed by atoms with van der Waals surface area (Å²) in [5.41, 5.74) is 6.27. The van der Waals surface area contributed by atoms with Crippen LogP contribution in [0, 0.1) is 5.41 Å². The topological polar surface area (TPSA) is 29.3 Å². The molecule has 1 atom stereocenters. The fraction of sp³-hybridized carbons (Fsp3) is 1.00. The lowest BCUT2D eigenvalue weighted by molar-refractivity contribution is 0.162. The van der Waals surface area contributed by atoms with Gasteiger partial charge in [-0.3, -0.25) is 0 Å². The van der Waals surface area contributed by atoms with E-state index in [2.05, 4.69) is 18.7 Å². The molecule has 0 radical (unpaired) electrons. The molecule has 2 N–H and O–H groups in total. The first-order chi connectivity index (χ1) is 7.20. The molecule has 1 unspecified atom stereocenters. The van der Waals surface area contributed by atoms with Crippen molar-refractivity contribution in [2.45, 2.75) is 52.4 Å². The summed E-state index contributed by atoms with van der Waals surface area (Å²) in [5.74, 6) is 0. The number of hydrogen-bond acceptors (Lipinski definition) is 2. The van der Waals surface area contributed by atoms with E-state index in [-0.39, 0.29) is 0 Å². The third-order valence-electron chi connectivity index (χ3n) is 3.65. The average Bonchev–Trinajstić information content (AvgIpc) is 2.47. The molecule has 15 heavy (non-hydrogen) atoms. The van der Waals surface area contributed by atoms with Gasteiger partial charge in [-0.15, -0.1) is 0 Å². The van der Waals surface area contributed by atoms with E-state index < -0.39 is 0 Å². The SMILES string of the molecule is CCCC(C)(CN)CN1CCCCCC1. The highest BCUT2D eigenvalue weighted by atomic mass is 15.1. The lowest BCUT2D eigenvalue weighted by Crippen LogP contribution is -2.41. The van der Waals surface area contributed by atoms with E-state index in [1.54, 1.807) is 0 Å². The summed E-state index contributed by atoms with van der Waals surface area (Å²) >= 11 is 0. The maximum Gasteiger partial charge on any atom is 0.00474 e. The molecule has 0 bridgehead atoms. The maximum absolute atomic E-state index is 5.92. The third-order valence-corrected chi connectivity index (χ3v) is 3.65. The summed E-state index contributed by atoms with van der Waals surface area (Å²) in [7, 11) is 0. The van der Waals surface area contributed by atoms with Crippen LogP contribution in [0.1, 0.15) is 52.4 Å². The van der Waals surface area contributed by atoms with Gasteiger partial charge < -0.3 is 10.6 Å². The molecule has 1 heterocycles. The molecule has 2 heteroatoms. The van der Waals surface area contributed by atoms with E-state index in [1.807, 2.05) is 0 Å². The Labute approximate surface area is 95.2 Å². The number of rotatable bonds is 5. The standard InChI is InChI=1S/C13H28N2/c1-3-8-13(2,11-14)12-15-9-6-4-5-7-10-15/h3-12,14H2,1-2H3. The molecule has 1 saturated heterocycles. The summed E-state index contributed by atoms with van der Waals surface area (Å²) in [6.07, 6.45) is 8.12. The Morgan fingerprint density at radius 3 is 2.20 bits per heavy atom. The highest BCUT2D eigenvalue weighted by Gasteiger charge is 2.24. The minimum absolute atomic E-state index is 0.346. The average molecular weight is 212 g/mol. The zero-order valence-electron chi connectivity index (χ0n) is 10.6. The van der Waals surface area contributed by atoms with Gasteiger partial charge in [0.15, 0.2) is 0 Å². The second-order valence-electron chi connectivity index (χ2n) is 5.46. The van der Waals surface area contributed by atoms with Crippen molar-refractivity contribution < 1.29 is 0 Å². The Morgan fingerprint density at radius 2 is 1.73 bits per heavy atom. The molecule has 0 aliphatic carbocycles. The first-order valence-corrected chi connectivity index (χ1v) is 6.62. The largest absolute Gasteiger partial charge is 0.330 e. The van der Waals surface area contributed by atoms with Crippen molar-refractivity contribution in [3.8, 4) is 0 Å². The number of nitrogens with zero attached hydrogens (tertiary/aromatic N) is 1. The van der Waals surface area contributed by atoms with Crippen molar-refractivity contribution in [1.82, 2.24) is 4.90 Å². The molecule has 1 aliphatic rings. The molecule has 0 saturated carbocycles. The second-order valence-corrected chi connectivity index (χ2v) is 5.46. The molecule has 0 aromatic carbocycles. The third kappa shape index (κ3) is 4.52. The number of likely N-dealkylation sites (tertiary alicyclic amines) is 1. The van der Waals surface area contributed by atoms with Crippen molar-refractivity contribution in [3.05, 3.63) is 0 Å². The van der Waals surface area contributed by atoms with E-state index in [0.717, 1.165) is 6.54 Å². The van der Waals surface area contributed by atoms with Gasteiger partial charge >= 0.3 is 0 Å². The van der Waals surface area contributed by atoms with Crippen LogP contribution in [-0.4, -0.2) is 31.1 Å². The van der Waals surface area contributed by atoms with Gasteiger partial charge in [0.1, 0.15) is 0 Å². The van der Waals surface area contributed by atoms with E-state index in [9.17, 15) is 0 Å². The van der Waals surface area contributed by atoms with Crippen molar-refractivity contribution in [2.24, 2.45) is 11.1 Å². The van der Waals surface area contributed by atoms with Crippen LogP contribution in [0.5, 0.6) is 0 Å². The van der Waals surface area contributed by atoms with Crippen molar-refractivity contribution in [3.63, 3.8) is 0 Å². The molecular weight excluding hydrogens is 184 g/mol. The van der Waals surface area contributed by atoms with E-state index >= 15 is 0 Å². The van der Waals surface area contributed by atoms with Crippen molar-refractivity contribution >= 4 is 0 Å². The van der Waals surface area contributed by atoms with Gasteiger partial charge in [0.25, 0.3) is 0 Å². The summed E-state index contributed by atoms with van der Waals surface area (Å²) in [5, 5.41) is 0. The van der Waals surface area contributed by atoms with Gasteiger partial charge in [-0.2, -0.15) is 0 Å². The summed E-state index contributed by atoms with van der Waals surface area (Å²) in [4.78, 5) is 2.63. The lowest BCUT2D eigenvalue weighted by Gasteiger charge is -2.34. The van der Waals surface area contributed by atoms with Gasteiger partial charge in [0.05, 0.1) is 0 Å². The van der Waals surface area contributed by atoms with Crippen LogP contribution in [-0.2, 0) is 0 Å². The fourth-order valence-electron chi connectivity index (χ4n) is 2.68. The van der Waals surface area contributed by atoms with Crippen LogP contribution in [0.3, 0.4) is 0 Å². The predicted molar refractivity (Wildman–Crippen MR) is 67.0 cm³/mol. The molecule has 1 fully saturated rings. The molecule has 0 spiro atoms. The monoisotopic (exact) mass is 212 g/mol. The number of nitrogens with two attached hydrogens (primary N) is 1. The Bertz CT molecular complexity index is 162. The van der Waals surface area contributed by atoms with Crippen LogP contribution < -0.4 is 5.73 Å². The summed E-state index contributed by atoms with van der Waals surface area (Å²) in [6.45, 7) is 9.23. The smallest absolute Gasteiger partial charge is 0.00474 e. The molecule has 0 aromatic rings. The Kier molecular flexibility index (Phi) is 5.62. The van der Waals surface area contributed by atoms with Gasteiger partial charge in [-0.1, -0.05) is 33.1 Å². The van der Waals surface area contributed by atoms with Gasteiger partial charge in [0, 0.05) is 6.54 Å². The molecular formula is C13H28N2.